The Morgan fingerprint density at radius 3 is 2.40 bits per heavy atom. The van der Waals surface area contributed by atoms with E-state index >= 15 is 0 Å². The fourth-order valence-electron chi connectivity index (χ4n) is 5.37. The number of hydrogen-bond acceptors (Lipinski definition) is 4. The van der Waals surface area contributed by atoms with Crippen LogP contribution in [0.5, 0.6) is 0 Å². The van der Waals surface area contributed by atoms with E-state index in [1.807, 2.05) is 0 Å². The molecule has 108 valence electrons. The van der Waals surface area contributed by atoms with Crippen LogP contribution in [0.1, 0.15) is 19.8 Å². The van der Waals surface area contributed by atoms with Crippen molar-refractivity contribution in [3.05, 3.63) is 24.3 Å². The zero-order valence-electron chi connectivity index (χ0n) is 12.1. The second kappa shape index (κ2) is 3.96. The van der Waals surface area contributed by atoms with E-state index in [1.54, 1.807) is 0 Å². The number of hydrogen-bond donors (Lipinski definition) is 0. The third-order valence-corrected chi connectivity index (χ3v) is 6.02. The van der Waals surface area contributed by atoms with Crippen molar-refractivity contribution in [3.63, 3.8) is 0 Å². The van der Waals surface area contributed by atoms with E-state index in [1.165, 1.54) is 26.7 Å². The highest BCUT2D eigenvalue weighted by Crippen LogP contribution is 2.90. The van der Waals surface area contributed by atoms with Crippen molar-refractivity contribution in [2.45, 2.75) is 19.8 Å². The molecule has 0 saturated heterocycles. The molecule has 4 nitrogen and oxygen atoms in total. The summed E-state index contributed by atoms with van der Waals surface area (Å²) < 4.78 is 9.56. The van der Waals surface area contributed by atoms with Crippen LogP contribution >= 0.6 is 0 Å². The fraction of sp³-hybridized carbons (Fsp3) is 0.625. The summed E-state index contributed by atoms with van der Waals surface area (Å²) in [4.78, 5) is 23.7. The van der Waals surface area contributed by atoms with E-state index in [2.05, 4.69) is 24.3 Å². The molecule has 3 aliphatic carbocycles. The van der Waals surface area contributed by atoms with Crippen LogP contribution in [-0.2, 0) is 19.1 Å². The monoisotopic (exact) mass is 276 g/mol. The van der Waals surface area contributed by atoms with Crippen LogP contribution in [-0.4, -0.2) is 26.2 Å². The summed E-state index contributed by atoms with van der Waals surface area (Å²) in [7, 11) is 2.66. The molecule has 3 rings (SSSR count). The second-order valence-electron chi connectivity index (χ2n) is 6.27. The van der Waals surface area contributed by atoms with Crippen LogP contribution < -0.4 is 0 Å². The van der Waals surface area contributed by atoms with Crippen molar-refractivity contribution in [3.8, 4) is 0 Å². The molecule has 0 N–H and O–H groups in total. The number of carbonyl (C=O) groups excluding carboxylic acids is 2. The van der Waals surface area contributed by atoms with Gasteiger partial charge in [-0.2, -0.15) is 0 Å². The molecule has 3 aliphatic rings. The van der Waals surface area contributed by atoms with Gasteiger partial charge in [0.2, 0.25) is 0 Å². The van der Waals surface area contributed by atoms with Crippen molar-refractivity contribution in [2.24, 2.45) is 28.6 Å². The molecular formula is C16H20O4. The average Bonchev–Trinajstić information content (AvgIpc) is 2.94. The standard InChI is InChI=1S/C16H20O4/c1-5-16-9-6-7-11(16)15(2,13(9)16)10(14(18)20-4)8-12(17)19-3/h5,8-9,11,13H,1,6-7H2,2-4H3/b10-8+/t9?,11-,13?,15+,16-/m0/s1. The highest BCUT2D eigenvalue weighted by atomic mass is 16.5. The molecule has 3 fully saturated rings. The maximum Gasteiger partial charge on any atom is 0.334 e. The summed E-state index contributed by atoms with van der Waals surface area (Å²) >= 11 is 0. The molecule has 4 heteroatoms. The highest BCUT2D eigenvalue weighted by Gasteiger charge is 2.87. The first-order chi connectivity index (χ1) is 9.48. The molecule has 5 atom stereocenters. The lowest BCUT2D eigenvalue weighted by Crippen LogP contribution is -2.50. The van der Waals surface area contributed by atoms with Gasteiger partial charge in [-0.05, 0) is 36.0 Å². The third-order valence-electron chi connectivity index (χ3n) is 6.02. The maximum atomic E-state index is 12.1. The highest BCUT2D eigenvalue weighted by molar-refractivity contribution is 5.98. The van der Waals surface area contributed by atoms with E-state index in [9.17, 15) is 9.59 Å². The minimum Gasteiger partial charge on any atom is -0.466 e. The topological polar surface area (TPSA) is 52.6 Å². The van der Waals surface area contributed by atoms with E-state index in [-0.39, 0.29) is 10.8 Å². The van der Waals surface area contributed by atoms with Crippen LogP contribution in [0.25, 0.3) is 0 Å². The summed E-state index contributed by atoms with van der Waals surface area (Å²) in [5.74, 6) is 0.492. The van der Waals surface area contributed by atoms with E-state index in [0.29, 0.717) is 23.3 Å². The lowest BCUT2D eigenvalue weighted by Gasteiger charge is -2.52. The molecule has 0 heterocycles. The largest absolute Gasteiger partial charge is 0.466 e. The number of allylic oxidation sites excluding steroid dienone is 1. The molecule has 0 spiro atoms. The summed E-state index contributed by atoms with van der Waals surface area (Å²) in [6, 6.07) is 0. The number of fused-ring (bicyclic) bond motifs is 1. The van der Waals surface area contributed by atoms with Crippen LogP contribution in [0.15, 0.2) is 24.3 Å². The van der Waals surface area contributed by atoms with Crippen molar-refractivity contribution in [1.29, 1.82) is 0 Å². The first-order valence-electron chi connectivity index (χ1n) is 7.00. The Morgan fingerprint density at radius 2 is 1.95 bits per heavy atom. The Bertz CT molecular complexity index is 535. The van der Waals surface area contributed by atoms with Gasteiger partial charge in [0.15, 0.2) is 0 Å². The van der Waals surface area contributed by atoms with Gasteiger partial charge in [-0.3, -0.25) is 0 Å². The van der Waals surface area contributed by atoms with Gasteiger partial charge in [0.25, 0.3) is 0 Å². The zero-order valence-corrected chi connectivity index (χ0v) is 12.1. The summed E-state index contributed by atoms with van der Waals surface area (Å²) in [5, 5.41) is 0. The second-order valence-corrected chi connectivity index (χ2v) is 6.27. The number of rotatable bonds is 4. The van der Waals surface area contributed by atoms with E-state index in [0.717, 1.165) is 6.42 Å². The van der Waals surface area contributed by atoms with Crippen molar-refractivity contribution in [2.75, 3.05) is 14.2 Å². The minimum atomic E-state index is -0.501. The van der Waals surface area contributed by atoms with Gasteiger partial charge in [0.1, 0.15) is 0 Å². The maximum absolute atomic E-state index is 12.1. The first-order valence-corrected chi connectivity index (χ1v) is 7.00. The zero-order chi connectivity index (χ0) is 14.7. The Labute approximate surface area is 118 Å². The Morgan fingerprint density at radius 1 is 1.25 bits per heavy atom. The van der Waals surface area contributed by atoms with Gasteiger partial charge < -0.3 is 9.47 Å². The van der Waals surface area contributed by atoms with Gasteiger partial charge in [-0.15, -0.1) is 6.58 Å². The summed E-state index contributed by atoms with van der Waals surface area (Å²) in [6.07, 6.45) is 5.66. The van der Waals surface area contributed by atoms with Gasteiger partial charge >= 0.3 is 11.9 Å². The molecule has 3 saturated carbocycles. The molecule has 0 radical (unpaired) electrons. The van der Waals surface area contributed by atoms with Crippen molar-refractivity contribution in [1.82, 2.24) is 0 Å². The lowest BCUT2D eigenvalue weighted by molar-refractivity contribution is -0.142. The smallest absolute Gasteiger partial charge is 0.334 e. The van der Waals surface area contributed by atoms with Crippen LogP contribution in [0, 0.1) is 28.6 Å². The third kappa shape index (κ3) is 1.23. The molecular weight excluding hydrogens is 256 g/mol. The predicted octanol–water partition coefficient (Wildman–Crippen LogP) is 2.11. The van der Waals surface area contributed by atoms with Gasteiger partial charge in [-0.1, -0.05) is 13.0 Å². The number of methoxy groups -OCH3 is 2. The molecule has 0 bridgehead atoms. The van der Waals surface area contributed by atoms with Gasteiger partial charge in [-0.25, -0.2) is 9.59 Å². The lowest BCUT2D eigenvalue weighted by atomic mass is 9.50. The van der Waals surface area contributed by atoms with Gasteiger partial charge in [0, 0.05) is 11.5 Å². The fourth-order valence-corrected chi connectivity index (χ4v) is 5.37. The minimum absolute atomic E-state index is 0.206. The summed E-state index contributed by atoms with van der Waals surface area (Å²) in [6.45, 7) is 6.05. The average molecular weight is 276 g/mol. The van der Waals surface area contributed by atoms with E-state index < -0.39 is 11.9 Å². The predicted molar refractivity (Wildman–Crippen MR) is 72.6 cm³/mol. The molecule has 0 aromatic rings. The molecule has 0 amide bonds. The molecule has 0 aromatic carbocycles. The van der Waals surface area contributed by atoms with Crippen LogP contribution in [0.3, 0.4) is 0 Å². The van der Waals surface area contributed by atoms with Crippen molar-refractivity contribution >= 4 is 11.9 Å². The number of carbonyl (C=O) groups is 2. The molecule has 0 aromatic heterocycles. The Hall–Kier alpha value is -1.58. The van der Waals surface area contributed by atoms with Crippen molar-refractivity contribution < 1.29 is 19.1 Å². The molecule has 2 unspecified atom stereocenters. The number of esters is 2. The van der Waals surface area contributed by atoms with E-state index in [4.69, 9.17) is 4.74 Å². The first kappa shape index (κ1) is 13.4. The normalized spacial score (nSPS) is 44.1. The Kier molecular flexibility index (Phi) is 2.66. The van der Waals surface area contributed by atoms with Gasteiger partial charge in [0.05, 0.1) is 19.8 Å². The molecule has 20 heavy (non-hydrogen) atoms. The molecule has 0 aliphatic heterocycles. The summed E-state index contributed by atoms with van der Waals surface area (Å²) in [5.41, 5.74) is 0.387. The SMILES string of the molecule is C=C[C@]12C3CC[C@H]1[C@@](C)(/C(=C/C(=O)OC)C(=O)OC)C32. The Balaban J connectivity index is 1.98. The van der Waals surface area contributed by atoms with Crippen LogP contribution in [0.2, 0.25) is 0 Å². The number of ether oxygens (including phenoxy) is 2. The quantitative estimate of drug-likeness (QED) is 0.448. The van der Waals surface area contributed by atoms with Crippen LogP contribution in [0.4, 0.5) is 0 Å².